The van der Waals surface area contributed by atoms with Crippen molar-refractivity contribution < 1.29 is 9.72 Å². The van der Waals surface area contributed by atoms with Gasteiger partial charge in [-0.2, -0.15) is 0 Å². The maximum atomic E-state index is 12.2. The molecule has 1 amide bonds. The topological polar surface area (TPSA) is 72.2 Å². The van der Waals surface area contributed by atoms with Crippen LogP contribution in [0.3, 0.4) is 0 Å². The summed E-state index contributed by atoms with van der Waals surface area (Å²) in [6, 6.07) is 9.31. The maximum Gasteiger partial charge on any atom is 0.271 e. The number of nitro benzene ring substituents is 1. The summed E-state index contributed by atoms with van der Waals surface area (Å²) >= 11 is 9.87. The number of non-ortho nitro benzene ring substituents is 1. The van der Waals surface area contributed by atoms with Crippen LogP contribution in [-0.2, 0) is 0 Å². The summed E-state index contributed by atoms with van der Waals surface area (Å²) in [7, 11) is 0. The normalized spacial score (nSPS) is 10.2. The number of anilines is 1. The van der Waals surface area contributed by atoms with Gasteiger partial charge in [0.15, 0.2) is 0 Å². The van der Waals surface area contributed by atoms with Crippen molar-refractivity contribution in [2.24, 2.45) is 0 Å². The molecule has 0 heterocycles. The maximum absolute atomic E-state index is 12.2. The molecule has 0 bridgehead atoms. The van der Waals surface area contributed by atoms with Crippen molar-refractivity contribution in [3.05, 3.63) is 65.5 Å². The molecule has 0 saturated heterocycles. The van der Waals surface area contributed by atoms with Crippen LogP contribution in [0.1, 0.15) is 10.4 Å². The predicted molar refractivity (Wildman–Crippen MR) is 90.6 cm³/mol. The van der Waals surface area contributed by atoms with Gasteiger partial charge in [-0.25, -0.2) is 0 Å². The monoisotopic (exact) mass is 476 g/mol. The fraction of sp³-hybridized carbons (Fsp3) is 0. The van der Waals surface area contributed by atoms with E-state index in [1.807, 2.05) is 0 Å². The summed E-state index contributed by atoms with van der Waals surface area (Å²) in [6.07, 6.45) is 0. The lowest BCUT2D eigenvalue weighted by atomic mass is 10.2. The number of hydrogen-bond acceptors (Lipinski definition) is 3. The van der Waals surface area contributed by atoms with E-state index >= 15 is 0 Å². The van der Waals surface area contributed by atoms with E-state index in [9.17, 15) is 14.9 Å². The molecule has 0 aromatic heterocycles. The van der Waals surface area contributed by atoms with Gasteiger partial charge in [0.25, 0.3) is 11.6 Å². The molecule has 5 nitrogen and oxygen atoms in total. The second kappa shape index (κ2) is 6.67. The highest BCUT2D eigenvalue weighted by atomic mass is 79.9. The largest absolute Gasteiger partial charge is 0.321 e. The molecule has 2 aromatic rings. The highest BCUT2D eigenvalue weighted by Gasteiger charge is 2.15. The molecular weight excluding hydrogens is 472 g/mol. The molecule has 0 unspecified atom stereocenters. The van der Waals surface area contributed by atoms with Crippen LogP contribution < -0.4 is 5.32 Å². The number of carbonyl (C=O) groups is 1. The first kappa shape index (κ1) is 16.1. The third-order valence-electron chi connectivity index (χ3n) is 2.58. The Morgan fingerprint density at radius 1 is 1.05 bits per heavy atom. The van der Waals surface area contributed by atoms with Gasteiger partial charge in [-0.1, -0.05) is 15.9 Å². The second-order valence-electron chi connectivity index (χ2n) is 4.00. The lowest BCUT2D eigenvalue weighted by Gasteiger charge is -2.09. The number of carbonyl (C=O) groups excluding carboxylic acids is 1. The van der Waals surface area contributed by atoms with Crippen molar-refractivity contribution in [2.45, 2.75) is 0 Å². The fourth-order valence-corrected chi connectivity index (χ4v) is 3.16. The van der Waals surface area contributed by atoms with E-state index < -0.39 is 4.92 Å². The van der Waals surface area contributed by atoms with Crippen molar-refractivity contribution in [3.8, 4) is 0 Å². The average molecular weight is 479 g/mol. The quantitative estimate of drug-likeness (QED) is 0.490. The van der Waals surface area contributed by atoms with E-state index in [-0.39, 0.29) is 11.6 Å². The number of benzene rings is 2. The third-order valence-corrected chi connectivity index (χ3v) is 4.43. The van der Waals surface area contributed by atoms with Gasteiger partial charge in [0.1, 0.15) is 0 Å². The molecule has 1 N–H and O–H groups in total. The van der Waals surface area contributed by atoms with Gasteiger partial charge in [0.05, 0.1) is 16.2 Å². The number of nitrogens with one attached hydrogen (secondary N) is 1. The number of nitrogens with zero attached hydrogens (tertiary/aromatic N) is 1. The summed E-state index contributed by atoms with van der Waals surface area (Å²) in [5.74, 6) is -0.365. The SMILES string of the molecule is O=C(Nc1cc([N+](=O)[O-])ccc1Br)c1ccc(Br)cc1Br. The fourth-order valence-electron chi connectivity index (χ4n) is 1.59. The Bertz CT molecular complexity index is 735. The zero-order chi connectivity index (χ0) is 15.6. The Hall–Kier alpha value is -1.25. The van der Waals surface area contributed by atoms with Gasteiger partial charge in [0, 0.05) is 25.6 Å². The molecule has 0 aliphatic rings. The van der Waals surface area contributed by atoms with Gasteiger partial charge in [-0.05, 0) is 56.1 Å². The van der Waals surface area contributed by atoms with Gasteiger partial charge in [0.2, 0.25) is 0 Å². The average Bonchev–Trinajstić information content (AvgIpc) is 2.40. The molecule has 0 atom stereocenters. The Morgan fingerprint density at radius 3 is 2.38 bits per heavy atom. The molecule has 0 fully saturated rings. The molecule has 8 heteroatoms. The van der Waals surface area contributed by atoms with E-state index in [4.69, 9.17) is 0 Å². The number of rotatable bonds is 3. The Labute approximate surface area is 145 Å². The Kier molecular flexibility index (Phi) is 5.13. The van der Waals surface area contributed by atoms with Gasteiger partial charge in [-0.3, -0.25) is 14.9 Å². The zero-order valence-corrected chi connectivity index (χ0v) is 15.0. The first-order chi connectivity index (χ1) is 9.88. The standard InChI is InChI=1S/C13H7Br3N2O3/c14-7-1-3-9(11(16)5-7)13(19)17-12-6-8(18(20)21)2-4-10(12)15/h1-6H,(H,17,19). The van der Waals surface area contributed by atoms with E-state index in [0.717, 1.165) is 4.47 Å². The van der Waals surface area contributed by atoms with Crippen molar-refractivity contribution in [1.82, 2.24) is 0 Å². The smallest absolute Gasteiger partial charge is 0.271 e. The van der Waals surface area contributed by atoms with Crippen LogP contribution in [0.5, 0.6) is 0 Å². The van der Waals surface area contributed by atoms with E-state index in [0.29, 0.717) is 20.2 Å². The number of nitro groups is 1. The summed E-state index contributed by atoms with van der Waals surface area (Å²) < 4.78 is 2.02. The lowest BCUT2D eigenvalue weighted by molar-refractivity contribution is -0.384. The van der Waals surface area contributed by atoms with Gasteiger partial charge >= 0.3 is 0 Å². The number of amides is 1. The van der Waals surface area contributed by atoms with Crippen molar-refractivity contribution in [3.63, 3.8) is 0 Å². The molecular formula is C13H7Br3N2O3. The van der Waals surface area contributed by atoms with Crippen LogP contribution in [0.15, 0.2) is 49.8 Å². The molecule has 2 aromatic carbocycles. The minimum Gasteiger partial charge on any atom is -0.321 e. The zero-order valence-electron chi connectivity index (χ0n) is 10.3. The molecule has 21 heavy (non-hydrogen) atoms. The highest BCUT2D eigenvalue weighted by molar-refractivity contribution is 9.11. The predicted octanol–water partition coefficient (Wildman–Crippen LogP) is 5.13. The summed E-state index contributed by atoms with van der Waals surface area (Å²) in [6.45, 7) is 0. The van der Waals surface area contributed by atoms with Crippen LogP contribution in [0.2, 0.25) is 0 Å². The highest BCUT2D eigenvalue weighted by Crippen LogP contribution is 2.29. The van der Waals surface area contributed by atoms with Crippen LogP contribution in [0.4, 0.5) is 11.4 Å². The van der Waals surface area contributed by atoms with Crippen LogP contribution in [0, 0.1) is 10.1 Å². The summed E-state index contributed by atoms with van der Waals surface area (Å²) in [5, 5.41) is 13.4. The van der Waals surface area contributed by atoms with Crippen LogP contribution in [0.25, 0.3) is 0 Å². The van der Waals surface area contributed by atoms with E-state index in [1.165, 1.54) is 18.2 Å². The second-order valence-corrected chi connectivity index (χ2v) is 6.62. The Balaban J connectivity index is 2.31. The van der Waals surface area contributed by atoms with Gasteiger partial charge in [-0.15, -0.1) is 0 Å². The van der Waals surface area contributed by atoms with Gasteiger partial charge < -0.3 is 5.32 Å². The third kappa shape index (κ3) is 3.90. The van der Waals surface area contributed by atoms with Crippen molar-refractivity contribution in [2.75, 3.05) is 5.32 Å². The minimum absolute atomic E-state index is 0.0941. The Morgan fingerprint density at radius 2 is 1.76 bits per heavy atom. The first-order valence-corrected chi connectivity index (χ1v) is 7.96. The van der Waals surface area contributed by atoms with Crippen LogP contribution in [-0.4, -0.2) is 10.8 Å². The molecule has 0 spiro atoms. The molecule has 0 saturated carbocycles. The summed E-state index contributed by atoms with van der Waals surface area (Å²) in [4.78, 5) is 22.5. The molecule has 0 aliphatic carbocycles. The number of halogens is 3. The molecule has 0 radical (unpaired) electrons. The molecule has 108 valence electrons. The van der Waals surface area contributed by atoms with Crippen LogP contribution >= 0.6 is 47.8 Å². The first-order valence-electron chi connectivity index (χ1n) is 5.59. The molecule has 2 rings (SSSR count). The molecule has 0 aliphatic heterocycles. The minimum atomic E-state index is -0.516. The van der Waals surface area contributed by atoms with Crippen molar-refractivity contribution in [1.29, 1.82) is 0 Å². The van der Waals surface area contributed by atoms with E-state index in [1.54, 1.807) is 18.2 Å². The number of hydrogen-bond donors (Lipinski definition) is 1. The van der Waals surface area contributed by atoms with E-state index in [2.05, 4.69) is 53.1 Å². The summed E-state index contributed by atoms with van der Waals surface area (Å²) in [5.41, 5.74) is 0.670. The lowest BCUT2D eigenvalue weighted by Crippen LogP contribution is -2.13. The van der Waals surface area contributed by atoms with Crippen molar-refractivity contribution >= 4 is 65.1 Å².